The Bertz CT molecular complexity index is 930. The van der Waals surface area contributed by atoms with Crippen molar-refractivity contribution >= 4 is 17.5 Å². The number of halogens is 2. The number of piperidine rings is 1. The van der Waals surface area contributed by atoms with Gasteiger partial charge in [-0.25, -0.2) is 8.78 Å². The number of nitrogens with one attached hydrogen (secondary N) is 2. The monoisotopic (exact) mass is 399 g/mol. The molecule has 0 saturated carbocycles. The highest BCUT2D eigenvalue weighted by atomic mass is 19.1. The van der Waals surface area contributed by atoms with Gasteiger partial charge in [-0.15, -0.1) is 0 Å². The first-order valence-electron chi connectivity index (χ1n) is 9.89. The van der Waals surface area contributed by atoms with Crippen LogP contribution in [0.5, 0.6) is 0 Å². The molecule has 1 saturated heterocycles. The summed E-state index contributed by atoms with van der Waals surface area (Å²) in [7, 11) is 0. The summed E-state index contributed by atoms with van der Waals surface area (Å²) in [5.41, 5.74) is 2.15. The van der Waals surface area contributed by atoms with E-state index >= 15 is 0 Å². The Morgan fingerprint density at radius 3 is 2.69 bits per heavy atom. The predicted molar refractivity (Wildman–Crippen MR) is 105 cm³/mol. The molecule has 1 unspecified atom stereocenters. The van der Waals surface area contributed by atoms with Gasteiger partial charge in [-0.05, 0) is 67.3 Å². The number of carbonyl (C=O) groups is 2. The van der Waals surface area contributed by atoms with E-state index in [0.717, 1.165) is 5.56 Å². The van der Waals surface area contributed by atoms with Crippen LogP contribution in [-0.2, 0) is 17.8 Å². The van der Waals surface area contributed by atoms with Crippen LogP contribution < -0.4 is 10.6 Å². The molecule has 152 valence electrons. The molecule has 2 heterocycles. The van der Waals surface area contributed by atoms with Crippen LogP contribution in [0, 0.1) is 17.6 Å². The van der Waals surface area contributed by atoms with Crippen LogP contribution in [0.15, 0.2) is 36.4 Å². The smallest absolute Gasteiger partial charge is 0.253 e. The van der Waals surface area contributed by atoms with E-state index < -0.39 is 11.7 Å². The molecule has 0 radical (unpaired) electrons. The van der Waals surface area contributed by atoms with Gasteiger partial charge in [0.05, 0.1) is 11.6 Å². The number of hydrogen-bond donors (Lipinski definition) is 2. The van der Waals surface area contributed by atoms with Crippen molar-refractivity contribution in [3.8, 4) is 0 Å². The number of hydrogen-bond acceptors (Lipinski definition) is 3. The highest BCUT2D eigenvalue weighted by molar-refractivity contribution is 5.96. The lowest BCUT2D eigenvalue weighted by Gasteiger charge is -2.32. The number of anilines is 1. The summed E-state index contributed by atoms with van der Waals surface area (Å²) in [6.45, 7) is 2.15. The number of nitrogens with zero attached hydrogens (tertiary/aromatic N) is 1. The number of rotatable bonds is 3. The second-order valence-electron chi connectivity index (χ2n) is 7.58. The summed E-state index contributed by atoms with van der Waals surface area (Å²) in [6, 6.07) is 8.82. The third-order valence-corrected chi connectivity index (χ3v) is 5.64. The Morgan fingerprint density at radius 2 is 1.90 bits per heavy atom. The molecule has 2 aromatic carbocycles. The van der Waals surface area contributed by atoms with E-state index in [2.05, 4.69) is 10.6 Å². The van der Waals surface area contributed by atoms with Crippen molar-refractivity contribution in [2.75, 3.05) is 25.0 Å². The molecule has 2 aliphatic heterocycles. The third-order valence-electron chi connectivity index (χ3n) is 5.64. The quantitative estimate of drug-likeness (QED) is 0.834. The maximum absolute atomic E-state index is 14.8. The van der Waals surface area contributed by atoms with Gasteiger partial charge in [0.15, 0.2) is 0 Å². The highest BCUT2D eigenvalue weighted by Gasteiger charge is 2.29. The number of fused-ring (bicyclic) bond motifs is 1. The van der Waals surface area contributed by atoms with Gasteiger partial charge in [0.1, 0.15) is 11.6 Å². The van der Waals surface area contributed by atoms with Gasteiger partial charge >= 0.3 is 0 Å². The minimum Gasteiger partial charge on any atom is -0.338 e. The molecule has 2 aromatic rings. The lowest BCUT2D eigenvalue weighted by Crippen LogP contribution is -2.43. The molecule has 0 aromatic heterocycles. The standard InChI is InChI=1S/C22H23F2N3O2/c23-17-6-3-14(4-7-17)22(29)27-11-1-2-16(13-27)21(28)26-19-8-5-15-12-25-10-9-18(15)20(19)24/h3-8,16,25H,1-2,9-13H2,(H,26,28). The van der Waals surface area contributed by atoms with Crippen molar-refractivity contribution in [3.05, 3.63) is 64.7 Å². The first kappa shape index (κ1) is 19.5. The van der Waals surface area contributed by atoms with Gasteiger partial charge in [0.2, 0.25) is 5.91 Å². The van der Waals surface area contributed by atoms with Crippen molar-refractivity contribution in [2.24, 2.45) is 5.92 Å². The minimum absolute atomic E-state index is 0.192. The fraction of sp³-hybridized carbons (Fsp3) is 0.364. The maximum Gasteiger partial charge on any atom is 0.253 e. The van der Waals surface area contributed by atoms with Crippen LogP contribution in [-0.4, -0.2) is 36.3 Å². The largest absolute Gasteiger partial charge is 0.338 e. The van der Waals surface area contributed by atoms with E-state index in [4.69, 9.17) is 0 Å². The Balaban J connectivity index is 1.44. The van der Waals surface area contributed by atoms with Gasteiger partial charge in [-0.2, -0.15) is 0 Å². The lowest BCUT2D eigenvalue weighted by molar-refractivity contribution is -0.121. The van der Waals surface area contributed by atoms with E-state index in [9.17, 15) is 18.4 Å². The Labute approximate surface area is 168 Å². The first-order chi connectivity index (χ1) is 14.0. The zero-order valence-electron chi connectivity index (χ0n) is 16.0. The van der Waals surface area contributed by atoms with Crippen LogP contribution in [0.2, 0.25) is 0 Å². The van der Waals surface area contributed by atoms with Crippen molar-refractivity contribution in [2.45, 2.75) is 25.8 Å². The van der Waals surface area contributed by atoms with E-state index in [1.165, 1.54) is 24.3 Å². The van der Waals surface area contributed by atoms with Crippen LogP contribution in [0.25, 0.3) is 0 Å². The third kappa shape index (κ3) is 4.15. The van der Waals surface area contributed by atoms with Crippen LogP contribution in [0.1, 0.15) is 34.3 Å². The summed E-state index contributed by atoms with van der Waals surface area (Å²) in [4.78, 5) is 27.0. The zero-order chi connectivity index (χ0) is 20.4. The highest BCUT2D eigenvalue weighted by Crippen LogP contribution is 2.26. The molecule has 4 rings (SSSR count). The first-order valence-corrected chi connectivity index (χ1v) is 9.89. The molecule has 5 nitrogen and oxygen atoms in total. The fourth-order valence-corrected chi connectivity index (χ4v) is 4.02. The van der Waals surface area contributed by atoms with E-state index in [1.807, 2.05) is 6.07 Å². The van der Waals surface area contributed by atoms with E-state index in [-0.39, 0.29) is 29.9 Å². The van der Waals surface area contributed by atoms with E-state index in [0.29, 0.717) is 50.0 Å². The Hall–Kier alpha value is -2.80. The summed E-state index contributed by atoms with van der Waals surface area (Å²) in [5, 5.41) is 5.91. The molecule has 2 aliphatic rings. The molecule has 1 atom stereocenters. The van der Waals surface area contributed by atoms with Crippen LogP contribution in [0.4, 0.5) is 14.5 Å². The Morgan fingerprint density at radius 1 is 1.10 bits per heavy atom. The maximum atomic E-state index is 14.8. The molecule has 2 N–H and O–H groups in total. The number of benzene rings is 2. The van der Waals surface area contributed by atoms with Crippen LogP contribution >= 0.6 is 0 Å². The zero-order valence-corrected chi connectivity index (χ0v) is 16.0. The minimum atomic E-state index is -0.412. The van der Waals surface area contributed by atoms with Gasteiger partial charge in [-0.1, -0.05) is 6.07 Å². The normalized spacial score (nSPS) is 18.8. The van der Waals surface area contributed by atoms with Crippen molar-refractivity contribution in [3.63, 3.8) is 0 Å². The number of carbonyl (C=O) groups excluding carboxylic acids is 2. The van der Waals surface area contributed by atoms with Crippen molar-refractivity contribution in [1.82, 2.24) is 10.2 Å². The molecule has 0 aliphatic carbocycles. The van der Waals surface area contributed by atoms with Gasteiger partial charge in [-0.3, -0.25) is 9.59 Å². The average Bonchev–Trinajstić information content (AvgIpc) is 2.76. The summed E-state index contributed by atoms with van der Waals surface area (Å²) < 4.78 is 27.9. The molecule has 0 bridgehead atoms. The second-order valence-corrected chi connectivity index (χ2v) is 7.58. The SMILES string of the molecule is O=C(Nc1ccc2c(c1F)CCNC2)C1CCCN(C(=O)c2ccc(F)cc2)C1. The molecular formula is C22H23F2N3O2. The topological polar surface area (TPSA) is 61.4 Å². The average molecular weight is 399 g/mol. The molecule has 0 spiro atoms. The Kier molecular flexibility index (Phi) is 5.58. The molecule has 29 heavy (non-hydrogen) atoms. The number of likely N-dealkylation sites (tertiary alicyclic amines) is 1. The molecule has 2 amide bonds. The second kappa shape index (κ2) is 8.29. The van der Waals surface area contributed by atoms with E-state index in [1.54, 1.807) is 11.0 Å². The number of amides is 2. The fourth-order valence-electron chi connectivity index (χ4n) is 4.02. The van der Waals surface area contributed by atoms with Crippen molar-refractivity contribution in [1.29, 1.82) is 0 Å². The van der Waals surface area contributed by atoms with Gasteiger partial charge in [0, 0.05) is 25.2 Å². The summed E-state index contributed by atoms with van der Waals surface area (Å²) in [5.74, 6) is -1.69. The van der Waals surface area contributed by atoms with Crippen LogP contribution in [0.3, 0.4) is 0 Å². The lowest BCUT2D eigenvalue weighted by atomic mass is 9.95. The van der Waals surface area contributed by atoms with Gasteiger partial charge < -0.3 is 15.5 Å². The molecular weight excluding hydrogens is 376 g/mol. The molecule has 1 fully saturated rings. The van der Waals surface area contributed by atoms with Gasteiger partial charge in [0.25, 0.3) is 5.91 Å². The van der Waals surface area contributed by atoms with Crippen molar-refractivity contribution < 1.29 is 18.4 Å². The predicted octanol–water partition coefficient (Wildman–Crippen LogP) is 3.10. The summed E-state index contributed by atoms with van der Waals surface area (Å²) >= 11 is 0. The molecule has 7 heteroatoms. The summed E-state index contributed by atoms with van der Waals surface area (Å²) in [6.07, 6.45) is 1.91.